The summed E-state index contributed by atoms with van der Waals surface area (Å²) in [6, 6.07) is 16.5. The number of aromatic nitrogens is 1. The third-order valence-electron chi connectivity index (χ3n) is 3.61. The first kappa shape index (κ1) is 16.9. The third kappa shape index (κ3) is 4.30. The Morgan fingerprint density at radius 2 is 1.68 bits per heavy atom. The van der Waals surface area contributed by atoms with E-state index in [4.69, 9.17) is 0 Å². The molecule has 0 unspecified atom stereocenters. The van der Waals surface area contributed by atoms with Crippen molar-refractivity contribution in [1.82, 2.24) is 4.98 Å². The van der Waals surface area contributed by atoms with Crippen LogP contribution in [0.2, 0.25) is 0 Å². The first-order chi connectivity index (χ1) is 12.2. The maximum absolute atomic E-state index is 12.3. The molecule has 1 aromatic heterocycles. The fourth-order valence-corrected chi connectivity index (χ4v) is 2.90. The summed E-state index contributed by atoms with van der Waals surface area (Å²) in [7, 11) is 0. The van der Waals surface area contributed by atoms with Gasteiger partial charge in [-0.2, -0.15) is 0 Å². The Morgan fingerprint density at radius 1 is 0.960 bits per heavy atom. The topological polar surface area (TPSA) is 71.1 Å². The molecule has 2 N–H and O–H groups in total. The van der Waals surface area contributed by atoms with Crippen molar-refractivity contribution in [3.8, 4) is 0 Å². The van der Waals surface area contributed by atoms with E-state index >= 15 is 0 Å². The van der Waals surface area contributed by atoms with E-state index in [1.807, 2.05) is 30.3 Å². The Kier molecular flexibility index (Phi) is 5.20. The van der Waals surface area contributed by atoms with E-state index in [-0.39, 0.29) is 17.5 Å². The Bertz CT molecular complexity index is 873. The van der Waals surface area contributed by atoms with Crippen molar-refractivity contribution >= 4 is 34.0 Å². The standard InChI is InChI=1S/C19H17N3O2S/c1-2-13-8-10-15(11-9-13)20-18(24)16-12-25-19(21-16)22-17(23)14-6-4-3-5-7-14/h3-12H,2H2,1H3,(H,20,24)(H,21,22,23). The predicted octanol–water partition coefficient (Wildman–Crippen LogP) is 4.21. The number of nitrogens with one attached hydrogen (secondary N) is 2. The second-order valence-corrected chi connectivity index (χ2v) is 6.22. The summed E-state index contributed by atoms with van der Waals surface area (Å²) in [5, 5.41) is 7.51. The molecule has 0 radical (unpaired) electrons. The minimum atomic E-state index is -0.305. The molecule has 0 spiro atoms. The lowest BCUT2D eigenvalue weighted by Crippen LogP contribution is -2.14. The fraction of sp³-hybridized carbons (Fsp3) is 0.105. The second-order valence-electron chi connectivity index (χ2n) is 5.36. The highest BCUT2D eigenvalue weighted by molar-refractivity contribution is 7.14. The van der Waals surface area contributed by atoms with Gasteiger partial charge in [0, 0.05) is 16.6 Å². The number of hydrogen-bond donors (Lipinski definition) is 2. The predicted molar refractivity (Wildman–Crippen MR) is 100 cm³/mol. The zero-order valence-electron chi connectivity index (χ0n) is 13.7. The van der Waals surface area contributed by atoms with Gasteiger partial charge in [-0.3, -0.25) is 14.9 Å². The van der Waals surface area contributed by atoms with Crippen LogP contribution in [0.3, 0.4) is 0 Å². The van der Waals surface area contributed by atoms with Crippen LogP contribution in [-0.2, 0) is 6.42 Å². The highest BCUT2D eigenvalue weighted by atomic mass is 32.1. The largest absolute Gasteiger partial charge is 0.321 e. The van der Waals surface area contributed by atoms with Crippen LogP contribution in [0.25, 0.3) is 0 Å². The third-order valence-corrected chi connectivity index (χ3v) is 4.37. The zero-order valence-corrected chi connectivity index (χ0v) is 14.5. The monoisotopic (exact) mass is 351 g/mol. The highest BCUT2D eigenvalue weighted by Crippen LogP contribution is 2.18. The SMILES string of the molecule is CCc1ccc(NC(=O)c2csc(NC(=O)c3ccccc3)n2)cc1. The van der Waals surface area contributed by atoms with E-state index in [1.165, 1.54) is 16.9 Å². The van der Waals surface area contributed by atoms with E-state index in [1.54, 1.807) is 29.6 Å². The Balaban J connectivity index is 1.64. The molecule has 2 amide bonds. The van der Waals surface area contributed by atoms with E-state index < -0.39 is 0 Å². The smallest absolute Gasteiger partial charge is 0.275 e. The number of anilines is 2. The molecule has 25 heavy (non-hydrogen) atoms. The molecule has 0 saturated carbocycles. The molecule has 3 aromatic rings. The van der Waals surface area contributed by atoms with Crippen LogP contribution in [0.15, 0.2) is 60.0 Å². The summed E-state index contributed by atoms with van der Waals surface area (Å²) >= 11 is 1.21. The van der Waals surface area contributed by atoms with Gasteiger partial charge in [0.15, 0.2) is 5.13 Å². The number of amides is 2. The molecule has 0 bridgehead atoms. The Labute approximate surface area is 149 Å². The van der Waals surface area contributed by atoms with Gasteiger partial charge >= 0.3 is 0 Å². The summed E-state index contributed by atoms with van der Waals surface area (Å²) in [6.45, 7) is 2.08. The van der Waals surface area contributed by atoms with E-state index in [0.717, 1.165) is 6.42 Å². The number of hydrogen-bond acceptors (Lipinski definition) is 4. The Morgan fingerprint density at radius 3 is 2.36 bits per heavy atom. The van der Waals surface area contributed by atoms with E-state index in [2.05, 4.69) is 22.5 Å². The summed E-state index contributed by atoms with van der Waals surface area (Å²) in [4.78, 5) is 28.5. The zero-order chi connectivity index (χ0) is 17.6. The van der Waals surface area contributed by atoms with Gasteiger partial charge in [0.25, 0.3) is 11.8 Å². The first-order valence-corrected chi connectivity index (χ1v) is 8.76. The molecular formula is C19H17N3O2S. The molecule has 6 heteroatoms. The van der Waals surface area contributed by atoms with E-state index in [9.17, 15) is 9.59 Å². The van der Waals surface area contributed by atoms with Crippen molar-refractivity contribution in [3.63, 3.8) is 0 Å². The number of carbonyl (C=O) groups is 2. The van der Waals surface area contributed by atoms with Crippen molar-refractivity contribution in [2.24, 2.45) is 0 Å². The van der Waals surface area contributed by atoms with Crippen LogP contribution >= 0.6 is 11.3 Å². The van der Waals surface area contributed by atoms with Gasteiger partial charge in [0.05, 0.1) is 0 Å². The molecule has 2 aromatic carbocycles. The van der Waals surface area contributed by atoms with Crippen molar-refractivity contribution in [2.45, 2.75) is 13.3 Å². The molecule has 0 aliphatic carbocycles. The summed E-state index contributed by atoms with van der Waals surface area (Å²) in [5.41, 5.74) is 2.73. The lowest BCUT2D eigenvalue weighted by Gasteiger charge is -2.04. The lowest BCUT2D eigenvalue weighted by atomic mass is 10.1. The molecule has 0 aliphatic rings. The van der Waals surface area contributed by atoms with Gasteiger partial charge in [-0.1, -0.05) is 37.3 Å². The average molecular weight is 351 g/mol. The quantitative estimate of drug-likeness (QED) is 0.723. The molecular weight excluding hydrogens is 334 g/mol. The van der Waals surface area contributed by atoms with Crippen LogP contribution in [0.4, 0.5) is 10.8 Å². The van der Waals surface area contributed by atoms with Gasteiger partial charge in [-0.15, -0.1) is 11.3 Å². The number of carbonyl (C=O) groups excluding carboxylic acids is 2. The van der Waals surface area contributed by atoms with Crippen molar-refractivity contribution in [3.05, 3.63) is 76.8 Å². The maximum Gasteiger partial charge on any atom is 0.275 e. The average Bonchev–Trinajstić information content (AvgIpc) is 3.12. The molecule has 0 aliphatic heterocycles. The van der Waals surface area contributed by atoms with Gasteiger partial charge < -0.3 is 5.32 Å². The molecule has 0 saturated heterocycles. The number of aryl methyl sites for hydroxylation is 1. The normalized spacial score (nSPS) is 10.3. The lowest BCUT2D eigenvalue weighted by molar-refractivity contribution is 0.101. The molecule has 126 valence electrons. The first-order valence-electron chi connectivity index (χ1n) is 7.88. The summed E-state index contributed by atoms with van der Waals surface area (Å²) in [6.07, 6.45) is 0.949. The molecule has 0 fully saturated rings. The van der Waals surface area contributed by atoms with Crippen LogP contribution in [0.5, 0.6) is 0 Å². The molecule has 0 atom stereocenters. The maximum atomic E-state index is 12.3. The minimum Gasteiger partial charge on any atom is -0.321 e. The van der Waals surface area contributed by atoms with Gasteiger partial charge in [-0.05, 0) is 36.2 Å². The highest BCUT2D eigenvalue weighted by Gasteiger charge is 2.13. The van der Waals surface area contributed by atoms with Gasteiger partial charge in [-0.25, -0.2) is 4.98 Å². The van der Waals surface area contributed by atoms with Crippen LogP contribution in [0, 0.1) is 0 Å². The molecule has 1 heterocycles. The second kappa shape index (κ2) is 7.72. The fourth-order valence-electron chi connectivity index (χ4n) is 2.21. The summed E-state index contributed by atoms with van der Waals surface area (Å²) in [5.74, 6) is -0.558. The van der Waals surface area contributed by atoms with Crippen LogP contribution in [0.1, 0.15) is 33.3 Å². The Hall–Kier alpha value is -2.99. The number of rotatable bonds is 5. The number of nitrogens with zero attached hydrogens (tertiary/aromatic N) is 1. The number of benzene rings is 2. The van der Waals surface area contributed by atoms with Crippen molar-refractivity contribution in [1.29, 1.82) is 0 Å². The van der Waals surface area contributed by atoms with Crippen LogP contribution < -0.4 is 10.6 Å². The minimum absolute atomic E-state index is 0.253. The van der Waals surface area contributed by atoms with E-state index in [0.29, 0.717) is 16.4 Å². The van der Waals surface area contributed by atoms with Crippen molar-refractivity contribution in [2.75, 3.05) is 10.6 Å². The van der Waals surface area contributed by atoms with Gasteiger partial charge in [0.2, 0.25) is 0 Å². The number of thiazole rings is 1. The van der Waals surface area contributed by atoms with Gasteiger partial charge in [0.1, 0.15) is 5.69 Å². The summed E-state index contributed by atoms with van der Waals surface area (Å²) < 4.78 is 0. The molecule has 3 rings (SSSR count). The van der Waals surface area contributed by atoms with Crippen molar-refractivity contribution < 1.29 is 9.59 Å². The molecule has 5 nitrogen and oxygen atoms in total. The van der Waals surface area contributed by atoms with Crippen LogP contribution in [-0.4, -0.2) is 16.8 Å².